The average molecular weight is 241 g/mol. The van der Waals surface area contributed by atoms with E-state index in [1.807, 2.05) is 0 Å². The average Bonchev–Trinajstić information content (AvgIpc) is 2.40. The van der Waals surface area contributed by atoms with Gasteiger partial charge in [0.05, 0.1) is 12.7 Å². The van der Waals surface area contributed by atoms with E-state index < -0.39 is 0 Å². The maximum absolute atomic E-state index is 9.74. The molecule has 0 aromatic rings. The summed E-state index contributed by atoms with van der Waals surface area (Å²) >= 11 is 0. The smallest absolute Gasteiger partial charge is 0.0700 e. The van der Waals surface area contributed by atoms with Gasteiger partial charge in [-0.15, -0.1) is 0 Å². The highest BCUT2D eigenvalue weighted by molar-refractivity contribution is 4.86. The number of ether oxygens (including phenoxy) is 1. The molecule has 2 fully saturated rings. The third-order valence-corrected chi connectivity index (χ3v) is 4.49. The zero-order valence-electron chi connectivity index (χ0n) is 11.2. The number of hydrogen-bond donors (Lipinski definition) is 1. The van der Waals surface area contributed by atoms with Crippen molar-refractivity contribution in [2.24, 2.45) is 5.41 Å². The van der Waals surface area contributed by atoms with Crippen LogP contribution in [0.5, 0.6) is 0 Å². The van der Waals surface area contributed by atoms with Crippen LogP contribution in [0.25, 0.3) is 0 Å². The Morgan fingerprint density at radius 3 is 2.71 bits per heavy atom. The van der Waals surface area contributed by atoms with Crippen molar-refractivity contribution in [1.82, 2.24) is 4.90 Å². The fourth-order valence-electron chi connectivity index (χ4n) is 3.31. The third kappa shape index (κ3) is 3.43. The fraction of sp³-hybridized carbons (Fsp3) is 1.00. The molecule has 100 valence electrons. The van der Waals surface area contributed by atoms with Gasteiger partial charge >= 0.3 is 0 Å². The Morgan fingerprint density at radius 2 is 2.06 bits per heavy atom. The number of nitrogens with zero attached hydrogens (tertiary/aromatic N) is 1. The highest BCUT2D eigenvalue weighted by atomic mass is 16.5. The summed E-state index contributed by atoms with van der Waals surface area (Å²) in [7, 11) is 0. The quantitative estimate of drug-likeness (QED) is 0.817. The molecule has 1 atom stereocenters. The Balaban J connectivity index is 1.88. The van der Waals surface area contributed by atoms with Crippen LogP contribution in [0.4, 0.5) is 0 Å². The first kappa shape index (κ1) is 13.3. The molecule has 1 unspecified atom stereocenters. The largest absolute Gasteiger partial charge is 0.396 e. The minimum absolute atomic E-state index is 0.188. The van der Waals surface area contributed by atoms with Crippen molar-refractivity contribution in [3.8, 4) is 0 Å². The van der Waals surface area contributed by atoms with Gasteiger partial charge in [-0.05, 0) is 19.3 Å². The summed E-state index contributed by atoms with van der Waals surface area (Å²) in [5, 5.41) is 9.74. The van der Waals surface area contributed by atoms with Gasteiger partial charge in [0.2, 0.25) is 0 Å². The number of aliphatic hydroxyl groups excluding tert-OH is 1. The van der Waals surface area contributed by atoms with Gasteiger partial charge in [-0.25, -0.2) is 0 Å². The van der Waals surface area contributed by atoms with Gasteiger partial charge in [0.25, 0.3) is 0 Å². The summed E-state index contributed by atoms with van der Waals surface area (Å²) in [6.07, 6.45) is 7.85. The van der Waals surface area contributed by atoms with Gasteiger partial charge in [0.15, 0.2) is 0 Å². The molecule has 1 saturated heterocycles. The molecule has 1 aliphatic carbocycles. The molecule has 0 aromatic carbocycles. The Kier molecular flexibility index (Phi) is 4.83. The van der Waals surface area contributed by atoms with E-state index in [0.717, 1.165) is 32.7 Å². The van der Waals surface area contributed by atoms with Gasteiger partial charge in [-0.2, -0.15) is 0 Å². The zero-order valence-corrected chi connectivity index (χ0v) is 11.2. The first-order valence-corrected chi connectivity index (χ1v) is 7.23. The van der Waals surface area contributed by atoms with Crippen LogP contribution in [-0.4, -0.2) is 49.0 Å². The number of rotatable bonds is 4. The summed E-state index contributed by atoms with van der Waals surface area (Å²) in [6.45, 7) is 6.58. The first-order chi connectivity index (χ1) is 8.28. The zero-order chi connectivity index (χ0) is 12.1. The van der Waals surface area contributed by atoms with E-state index in [2.05, 4.69) is 11.8 Å². The predicted octanol–water partition coefficient (Wildman–Crippen LogP) is 2.04. The van der Waals surface area contributed by atoms with Gasteiger partial charge in [-0.3, -0.25) is 4.90 Å². The second kappa shape index (κ2) is 6.17. The molecule has 17 heavy (non-hydrogen) atoms. The van der Waals surface area contributed by atoms with Crippen LogP contribution in [0.1, 0.15) is 45.4 Å². The Hall–Kier alpha value is -0.120. The second-order valence-corrected chi connectivity index (χ2v) is 5.85. The molecule has 3 nitrogen and oxygen atoms in total. The Bertz CT molecular complexity index is 226. The van der Waals surface area contributed by atoms with E-state index >= 15 is 0 Å². The van der Waals surface area contributed by atoms with Crippen molar-refractivity contribution in [3.05, 3.63) is 0 Å². The van der Waals surface area contributed by atoms with Crippen LogP contribution in [0.15, 0.2) is 0 Å². The second-order valence-electron chi connectivity index (χ2n) is 5.85. The summed E-state index contributed by atoms with van der Waals surface area (Å²) in [4.78, 5) is 2.51. The van der Waals surface area contributed by atoms with Crippen LogP contribution in [-0.2, 0) is 4.74 Å². The van der Waals surface area contributed by atoms with Crippen molar-refractivity contribution >= 4 is 0 Å². The van der Waals surface area contributed by atoms with Crippen LogP contribution in [0, 0.1) is 5.41 Å². The standard InChI is InChI=1S/C14H27NO2/c1-2-13-10-15(8-9-17-13)11-14(12-16)6-4-3-5-7-14/h13,16H,2-12H2,1H3. The van der Waals surface area contributed by atoms with Crippen molar-refractivity contribution in [3.63, 3.8) is 0 Å². The number of hydrogen-bond acceptors (Lipinski definition) is 3. The van der Waals surface area contributed by atoms with Crippen LogP contribution in [0.3, 0.4) is 0 Å². The molecule has 0 amide bonds. The van der Waals surface area contributed by atoms with Gasteiger partial charge in [0.1, 0.15) is 0 Å². The monoisotopic (exact) mass is 241 g/mol. The molecule has 0 bridgehead atoms. The highest BCUT2D eigenvalue weighted by Gasteiger charge is 2.34. The lowest BCUT2D eigenvalue weighted by atomic mass is 9.74. The van der Waals surface area contributed by atoms with E-state index in [0.29, 0.717) is 12.7 Å². The molecule has 0 spiro atoms. The van der Waals surface area contributed by atoms with Gasteiger partial charge < -0.3 is 9.84 Å². The maximum Gasteiger partial charge on any atom is 0.0700 e. The summed E-state index contributed by atoms with van der Waals surface area (Å²) < 4.78 is 5.71. The van der Waals surface area contributed by atoms with E-state index in [1.165, 1.54) is 32.1 Å². The first-order valence-electron chi connectivity index (χ1n) is 7.23. The molecular formula is C14H27NO2. The fourth-order valence-corrected chi connectivity index (χ4v) is 3.31. The number of aliphatic hydroxyl groups is 1. The molecule has 2 aliphatic rings. The minimum Gasteiger partial charge on any atom is -0.396 e. The third-order valence-electron chi connectivity index (χ3n) is 4.49. The Morgan fingerprint density at radius 1 is 1.29 bits per heavy atom. The molecule has 1 aliphatic heterocycles. The molecular weight excluding hydrogens is 214 g/mol. The van der Waals surface area contributed by atoms with E-state index in [4.69, 9.17) is 4.74 Å². The lowest BCUT2D eigenvalue weighted by molar-refractivity contribution is -0.0545. The lowest BCUT2D eigenvalue weighted by Gasteiger charge is -2.42. The Labute approximate surface area is 105 Å². The number of morpholine rings is 1. The molecule has 3 heteroatoms. The van der Waals surface area contributed by atoms with Crippen LogP contribution < -0.4 is 0 Å². The minimum atomic E-state index is 0.188. The van der Waals surface area contributed by atoms with Crippen LogP contribution in [0.2, 0.25) is 0 Å². The summed E-state index contributed by atoms with van der Waals surface area (Å²) in [5.41, 5.74) is 0.188. The highest BCUT2D eigenvalue weighted by Crippen LogP contribution is 2.36. The van der Waals surface area contributed by atoms with Gasteiger partial charge in [-0.1, -0.05) is 26.2 Å². The molecule has 1 heterocycles. The SMILES string of the molecule is CCC1CN(CC2(CO)CCCCC2)CCO1. The molecule has 1 saturated carbocycles. The van der Waals surface area contributed by atoms with E-state index in [-0.39, 0.29) is 5.41 Å². The topological polar surface area (TPSA) is 32.7 Å². The van der Waals surface area contributed by atoms with Crippen molar-refractivity contribution in [2.45, 2.75) is 51.6 Å². The molecule has 0 radical (unpaired) electrons. The predicted molar refractivity (Wildman–Crippen MR) is 69.1 cm³/mol. The summed E-state index contributed by atoms with van der Waals surface area (Å²) in [5.74, 6) is 0. The normalized spacial score (nSPS) is 30.4. The van der Waals surface area contributed by atoms with Crippen molar-refractivity contribution in [1.29, 1.82) is 0 Å². The molecule has 1 N–H and O–H groups in total. The molecule has 0 aromatic heterocycles. The van der Waals surface area contributed by atoms with Crippen molar-refractivity contribution in [2.75, 3.05) is 32.8 Å². The van der Waals surface area contributed by atoms with Crippen LogP contribution >= 0.6 is 0 Å². The summed E-state index contributed by atoms with van der Waals surface area (Å²) in [6, 6.07) is 0. The molecule has 2 rings (SSSR count). The van der Waals surface area contributed by atoms with Crippen molar-refractivity contribution < 1.29 is 9.84 Å². The maximum atomic E-state index is 9.74. The van der Waals surface area contributed by atoms with E-state index in [9.17, 15) is 5.11 Å². The lowest BCUT2D eigenvalue weighted by Crippen LogP contribution is -2.48. The van der Waals surface area contributed by atoms with E-state index in [1.54, 1.807) is 0 Å². The van der Waals surface area contributed by atoms with Gasteiger partial charge in [0, 0.05) is 31.7 Å².